The second-order valence-corrected chi connectivity index (χ2v) is 6.48. The van der Waals surface area contributed by atoms with Crippen molar-refractivity contribution < 1.29 is 9.13 Å². The number of alkyl halides is 1. The molecule has 22 heavy (non-hydrogen) atoms. The lowest BCUT2D eigenvalue weighted by Gasteiger charge is -2.30. The van der Waals surface area contributed by atoms with Crippen LogP contribution in [0.25, 0.3) is 6.08 Å². The van der Waals surface area contributed by atoms with Gasteiger partial charge in [-0.05, 0) is 55.2 Å². The summed E-state index contributed by atoms with van der Waals surface area (Å²) in [6.07, 6.45) is 11.3. The summed E-state index contributed by atoms with van der Waals surface area (Å²) in [7, 11) is 1.68. The lowest BCUT2D eigenvalue weighted by Crippen LogP contribution is -2.25. The number of benzene rings is 1. The molecule has 0 heterocycles. The maximum absolute atomic E-state index is 14.1. The SMILES string of the molecule is CCCCCC1CC(/C=C\c2ccc(OC)cc2)CC[C@H]1F. The van der Waals surface area contributed by atoms with Gasteiger partial charge in [-0.25, -0.2) is 4.39 Å². The number of hydrogen-bond acceptors (Lipinski definition) is 1. The van der Waals surface area contributed by atoms with Crippen molar-refractivity contribution in [3.05, 3.63) is 35.9 Å². The van der Waals surface area contributed by atoms with Gasteiger partial charge in [-0.2, -0.15) is 0 Å². The van der Waals surface area contributed by atoms with Crippen LogP contribution in [-0.4, -0.2) is 13.3 Å². The molecule has 0 spiro atoms. The molecular weight excluding hydrogens is 275 g/mol. The molecule has 2 heteroatoms. The first-order chi connectivity index (χ1) is 10.7. The summed E-state index contributed by atoms with van der Waals surface area (Å²) in [5, 5.41) is 0. The molecule has 1 nitrogen and oxygen atoms in total. The molecule has 1 aliphatic rings. The van der Waals surface area contributed by atoms with Gasteiger partial charge < -0.3 is 4.74 Å². The number of unbranched alkanes of at least 4 members (excludes halogenated alkanes) is 2. The molecular formula is C20H29FO. The van der Waals surface area contributed by atoms with E-state index in [9.17, 15) is 4.39 Å². The first-order valence-corrected chi connectivity index (χ1v) is 8.69. The fraction of sp³-hybridized carbons (Fsp3) is 0.600. The number of rotatable bonds is 7. The molecule has 0 aliphatic heterocycles. The zero-order chi connectivity index (χ0) is 15.8. The van der Waals surface area contributed by atoms with Crippen LogP contribution in [0.3, 0.4) is 0 Å². The highest BCUT2D eigenvalue weighted by Crippen LogP contribution is 2.35. The van der Waals surface area contributed by atoms with Crippen molar-refractivity contribution in [2.45, 2.75) is 58.0 Å². The van der Waals surface area contributed by atoms with Crippen LogP contribution in [0.1, 0.15) is 57.4 Å². The highest BCUT2D eigenvalue weighted by atomic mass is 19.1. The highest BCUT2D eigenvalue weighted by molar-refractivity contribution is 5.50. The summed E-state index contributed by atoms with van der Waals surface area (Å²) in [5.74, 6) is 1.68. The number of ether oxygens (including phenoxy) is 1. The Kier molecular flexibility index (Phi) is 6.95. The molecule has 3 atom stereocenters. The molecule has 0 saturated heterocycles. The van der Waals surface area contributed by atoms with Crippen molar-refractivity contribution in [1.82, 2.24) is 0 Å². The summed E-state index contributed by atoms with van der Waals surface area (Å²) in [6, 6.07) is 8.08. The van der Waals surface area contributed by atoms with Crippen LogP contribution in [-0.2, 0) is 0 Å². The average molecular weight is 304 g/mol. The summed E-state index contributed by atoms with van der Waals surface area (Å²) in [4.78, 5) is 0. The van der Waals surface area contributed by atoms with Crippen LogP contribution in [0.15, 0.2) is 30.3 Å². The summed E-state index contributed by atoms with van der Waals surface area (Å²) >= 11 is 0. The van der Waals surface area contributed by atoms with Gasteiger partial charge in [0.2, 0.25) is 0 Å². The van der Waals surface area contributed by atoms with E-state index in [2.05, 4.69) is 31.2 Å². The molecule has 0 N–H and O–H groups in total. The van der Waals surface area contributed by atoms with E-state index in [1.54, 1.807) is 7.11 Å². The van der Waals surface area contributed by atoms with Crippen LogP contribution in [0.5, 0.6) is 5.75 Å². The van der Waals surface area contributed by atoms with E-state index >= 15 is 0 Å². The maximum atomic E-state index is 14.1. The van der Waals surface area contributed by atoms with Crippen molar-refractivity contribution in [3.8, 4) is 5.75 Å². The van der Waals surface area contributed by atoms with Gasteiger partial charge in [-0.3, -0.25) is 0 Å². The fourth-order valence-electron chi connectivity index (χ4n) is 3.36. The molecule has 0 radical (unpaired) electrons. The Morgan fingerprint density at radius 3 is 2.64 bits per heavy atom. The average Bonchev–Trinajstić information content (AvgIpc) is 2.56. The number of hydrogen-bond donors (Lipinski definition) is 0. The van der Waals surface area contributed by atoms with Gasteiger partial charge in [0, 0.05) is 0 Å². The van der Waals surface area contributed by atoms with E-state index in [1.165, 1.54) is 24.8 Å². The fourth-order valence-corrected chi connectivity index (χ4v) is 3.36. The Balaban J connectivity index is 1.87. The van der Waals surface area contributed by atoms with Crippen molar-refractivity contribution in [3.63, 3.8) is 0 Å². The second-order valence-electron chi connectivity index (χ2n) is 6.48. The van der Waals surface area contributed by atoms with E-state index in [0.29, 0.717) is 5.92 Å². The Hall–Kier alpha value is -1.31. The summed E-state index contributed by atoms with van der Waals surface area (Å²) < 4.78 is 19.2. The van der Waals surface area contributed by atoms with Crippen molar-refractivity contribution >= 4 is 6.08 Å². The minimum atomic E-state index is -0.581. The molecule has 0 aromatic heterocycles. The van der Waals surface area contributed by atoms with Crippen LogP contribution in [0.2, 0.25) is 0 Å². The molecule has 1 aromatic rings. The third-order valence-electron chi connectivity index (χ3n) is 4.79. The zero-order valence-electron chi connectivity index (χ0n) is 13.9. The highest BCUT2D eigenvalue weighted by Gasteiger charge is 2.28. The van der Waals surface area contributed by atoms with Gasteiger partial charge in [0.25, 0.3) is 0 Å². The minimum absolute atomic E-state index is 0.269. The molecule has 2 unspecified atom stereocenters. The largest absolute Gasteiger partial charge is 0.497 e. The third kappa shape index (κ3) is 5.15. The predicted octanol–water partition coefficient (Wildman–Crippen LogP) is 6.04. The summed E-state index contributed by atoms with van der Waals surface area (Å²) in [6.45, 7) is 2.20. The van der Waals surface area contributed by atoms with Crippen molar-refractivity contribution in [1.29, 1.82) is 0 Å². The lowest BCUT2D eigenvalue weighted by atomic mass is 9.77. The topological polar surface area (TPSA) is 9.23 Å². The number of methoxy groups -OCH3 is 1. The molecule has 2 rings (SSSR count). The second kappa shape index (κ2) is 8.97. The Morgan fingerprint density at radius 1 is 1.18 bits per heavy atom. The van der Waals surface area contributed by atoms with E-state index in [0.717, 1.165) is 31.4 Å². The zero-order valence-corrected chi connectivity index (χ0v) is 13.9. The van der Waals surface area contributed by atoms with Gasteiger partial charge in [0.15, 0.2) is 0 Å². The Bertz CT molecular complexity index is 451. The van der Waals surface area contributed by atoms with Gasteiger partial charge in [-0.15, -0.1) is 0 Å². The number of allylic oxidation sites excluding steroid dienone is 1. The third-order valence-corrected chi connectivity index (χ3v) is 4.79. The normalized spacial score (nSPS) is 25.5. The van der Waals surface area contributed by atoms with Gasteiger partial charge in [-0.1, -0.05) is 50.5 Å². The minimum Gasteiger partial charge on any atom is -0.497 e. The molecule has 1 aromatic carbocycles. The van der Waals surface area contributed by atoms with E-state index in [4.69, 9.17) is 4.74 Å². The predicted molar refractivity (Wildman–Crippen MR) is 91.9 cm³/mol. The molecule has 1 fully saturated rings. The molecule has 1 saturated carbocycles. The van der Waals surface area contributed by atoms with Gasteiger partial charge >= 0.3 is 0 Å². The van der Waals surface area contributed by atoms with Gasteiger partial charge in [0.05, 0.1) is 7.11 Å². The van der Waals surface area contributed by atoms with Crippen LogP contribution in [0, 0.1) is 11.8 Å². The quantitative estimate of drug-likeness (QED) is 0.558. The first kappa shape index (κ1) is 17.1. The van der Waals surface area contributed by atoms with E-state index in [-0.39, 0.29) is 5.92 Å². The first-order valence-electron chi connectivity index (χ1n) is 8.69. The van der Waals surface area contributed by atoms with Crippen molar-refractivity contribution in [2.75, 3.05) is 7.11 Å². The molecule has 0 amide bonds. The van der Waals surface area contributed by atoms with Crippen LogP contribution in [0.4, 0.5) is 4.39 Å². The molecule has 122 valence electrons. The lowest BCUT2D eigenvalue weighted by molar-refractivity contribution is 0.134. The van der Waals surface area contributed by atoms with Gasteiger partial charge in [0.1, 0.15) is 11.9 Å². The van der Waals surface area contributed by atoms with Crippen LogP contribution >= 0.6 is 0 Å². The Labute approximate surface area is 134 Å². The maximum Gasteiger partial charge on any atom is 0.118 e. The van der Waals surface area contributed by atoms with E-state index < -0.39 is 6.17 Å². The Morgan fingerprint density at radius 2 is 1.95 bits per heavy atom. The standard InChI is InChI=1S/C20H29FO/c1-3-4-5-6-18-15-17(11-14-20(18)21)8-7-16-9-12-19(22-2)13-10-16/h7-10,12-13,17-18,20H,3-6,11,14-15H2,1-2H3/b8-7-/t17?,18?,20-/m1/s1. The smallest absolute Gasteiger partial charge is 0.118 e. The monoisotopic (exact) mass is 304 g/mol. The summed E-state index contributed by atoms with van der Waals surface area (Å²) in [5.41, 5.74) is 1.19. The van der Waals surface area contributed by atoms with Crippen LogP contribution < -0.4 is 4.74 Å². The van der Waals surface area contributed by atoms with E-state index in [1.807, 2.05) is 12.1 Å². The number of halogens is 1. The van der Waals surface area contributed by atoms with Crippen molar-refractivity contribution in [2.24, 2.45) is 11.8 Å². The molecule has 1 aliphatic carbocycles. The molecule has 0 bridgehead atoms.